The maximum absolute atomic E-state index is 10.7. The van der Waals surface area contributed by atoms with Gasteiger partial charge >= 0.3 is 5.97 Å². The van der Waals surface area contributed by atoms with Gasteiger partial charge in [0.25, 0.3) is 5.69 Å². The van der Waals surface area contributed by atoms with Gasteiger partial charge in [0.15, 0.2) is 0 Å². The number of nitro benzene ring substituents is 1. The number of benzene rings is 1. The fourth-order valence-corrected chi connectivity index (χ4v) is 1.24. The maximum atomic E-state index is 10.7. The molecule has 0 bridgehead atoms. The van der Waals surface area contributed by atoms with Crippen molar-refractivity contribution in [3.63, 3.8) is 0 Å². The summed E-state index contributed by atoms with van der Waals surface area (Å²) in [6, 6.07) is 3.56. The van der Waals surface area contributed by atoms with Crippen LogP contribution in [0.15, 0.2) is 18.2 Å². The van der Waals surface area contributed by atoms with Gasteiger partial charge in [0.2, 0.25) is 0 Å². The Labute approximate surface area is 97.4 Å². The first-order valence-corrected chi connectivity index (χ1v) is 4.75. The standard InChI is InChI=1S/C11H10N2O4/c1-2-3-6-12-9-7-8(11(14)15)4-5-10(9)13(16)17/h1,4-5,7,12H,3,6H2,(H,14,15). The molecule has 0 unspecified atom stereocenters. The average Bonchev–Trinajstić information content (AvgIpc) is 2.28. The van der Waals surface area contributed by atoms with Crippen molar-refractivity contribution in [3.8, 4) is 12.3 Å². The maximum Gasteiger partial charge on any atom is 0.335 e. The topological polar surface area (TPSA) is 92.5 Å². The number of nitrogens with one attached hydrogen (secondary N) is 1. The van der Waals surface area contributed by atoms with Gasteiger partial charge < -0.3 is 10.4 Å². The van der Waals surface area contributed by atoms with Crippen LogP contribution in [-0.2, 0) is 0 Å². The van der Waals surface area contributed by atoms with E-state index in [1.807, 2.05) is 0 Å². The molecule has 0 atom stereocenters. The molecule has 6 heteroatoms. The summed E-state index contributed by atoms with van der Waals surface area (Å²) in [6.07, 6.45) is 5.45. The first-order valence-electron chi connectivity index (χ1n) is 4.75. The molecule has 0 aliphatic carbocycles. The third kappa shape index (κ3) is 3.21. The van der Waals surface area contributed by atoms with E-state index < -0.39 is 10.9 Å². The van der Waals surface area contributed by atoms with Crippen LogP contribution in [0, 0.1) is 22.5 Å². The highest BCUT2D eigenvalue weighted by Crippen LogP contribution is 2.25. The molecule has 0 radical (unpaired) electrons. The number of aromatic carboxylic acids is 1. The summed E-state index contributed by atoms with van der Waals surface area (Å²) in [4.78, 5) is 20.9. The van der Waals surface area contributed by atoms with Crippen LogP contribution in [0.5, 0.6) is 0 Å². The Balaban J connectivity index is 3.03. The van der Waals surface area contributed by atoms with Crippen molar-refractivity contribution in [2.24, 2.45) is 0 Å². The fourth-order valence-electron chi connectivity index (χ4n) is 1.24. The number of nitrogens with zero attached hydrogens (tertiary/aromatic N) is 1. The zero-order valence-corrected chi connectivity index (χ0v) is 8.84. The molecule has 2 N–H and O–H groups in total. The molecule has 1 aromatic rings. The Hall–Kier alpha value is -2.55. The number of carboxylic acid groups (broad SMARTS) is 1. The van der Waals surface area contributed by atoms with Crippen molar-refractivity contribution >= 4 is 17.3 Å². The third-order valence-corrected chi connectivity index (χ3v) is 2.02. The van der Waals surface area contributed by atoms with Gasteiger partial charge in [-0.05, 0) is 12.1 Å². The quantitative estimate of drug-likeness (QED) is 0.350. The molecule has 17 heavy (non-hydrogen) atoms. The van der Waals surface area contributed by atoms with Gasteiger partial charge in [-0.25, -0.2) is 4.79 Å². The van der Waals surface area contributed by atoms with Gasteiger partial charge in [-0.2, -0.15) is 0 Å². The second kappa shape index (κ2) is 5.51. The first kappa shape index (κ1) is 12.5. The van der Waals surface area contributed by atoms with Crippen molar-refractivity contribution < 1.29 is 14.8 Å². The van der Waals surface area contributed by atoms with Gasteiger partial charge in [0, 0.05) is 19.0 Å². The second-order valence-electron chi connectivity index (χ2n) is 3.18. The van der Waals surface area contributed by atoms with E-state index in [0.717, 1.165) is 6.07 Å². The summed E-state index contributed by atoms with van der Waals surface area (Å²) < 4.78 is 0. The molecule has 0 fully saturated rings. The van der Waals surface area contributed by atoms with Gasteiger partial charge in [-0.15, -0.1) is 12.3 Å². The van der Waals surface area contributed by atoms with Crippen LogP contribution in [0.25, 0.3) is 0 Å². The van der Waals surface area contributed by atoms with Crippen LogP contribution < -0.4 is 5.32 Å². The Kier molecular flexibility index (Phi) is 4.06. The summed E-state index contributed by atoms with van der Waals surface area (Å²) in [5.74, 6) is 1.24. The average molecular weight is 234 g/mol. The number of hydrogen-bond acceptors (Lipinski definition) is 4. The van der Waals surface area contributed by atoms with E-state index in [4.69, 9.17) is 11.5 Å². The number of nitro groups is 1. The molecular formula is C11H10N2O4. The van der Waals surface area contributed by atoms with Crippen LogP contribution >= 0.6 is 0 Å². The molecule has 0 saturated heterocycles. The Morgan fingerprint density at radius 1 is 1.59 bits per heavy atom. The van der Waals surface area contributed by atoms with Crippen molar-refractivity contribution in [3.05, 3.63) is 33.9 Å². The van der Waals surface area contributed by atoms with Crippen molar-refractivity contribution in [1.82, 2.24) is 0 Å². The zero-order valence-electron chi connectivity index (χ0n) is 8.84. The predicted octanol–water partition coefficient (Wildman–Crippen LogP) is 1.73. The SMILES string of the molecule is C#CCCNc1cc(C(=O)O)ccc1[N+](=O)[O-]. The molecule has 1 rings (SSSR count). The molecule has 0 saturated carbocycles. The molecule has 0 spiro atoms. The Morgan fingerprint density at radius 2 is 2.29 bits per heavy atom. The van der Waals surface area contributed by atoms with Gasteiger partial charge in [0.1, 0.15) is 5.69 Å². The van der Waals surface area contributed by atoms with E-state index in [9.17, 15) is 14.9 Å². The highest BCUT2D eigenvalue weighted by molar-refractivity contribution is 5.90. The number of rotatable bonds is 5. The normalized spacial score (nSPS) is 9.35. The minimum Gasteiger partial charge on any atom is -0.478 e. The highest BCUT2D eigenvalue weighted by Gasteiger charge is 2.15. The van der Waals surface area contributed by atoms with E-state index in [2.05, 4.69) is 11.2 Å². The summed E-state index contributed by atoms with van der Waals surface area (Å²) in [6.45, 7) is 0.348. The monoisotopic (exact) mass is 234 g/mol. The van der Waals surface area contributed by atoms with E-state index in [1.54, 1.807) is 0 Å². The molecule has 0 aliphatic rings. The summed E-state index contributed by atoms with van der Waals surface area (Å²) in [5, 5.41) is 22.2. The van der Waals surface area contributed by atoms with Gasteiger partial charge in [-0.1, -0.05) is 0 Å². The lowest BCUT2D eigenvalue weighted by atomic mass is 10.1. The minimum absolute atomic E-state index is 0.0150. The van der Waals surface area contributed by atoms with Gasteiger partial charge in [-0.3, -0.25) is 10.1 Å². The smallest absolute Gasteiger partial charge is 0.335 e. The summed E-state index contributed by atoms with van der Waals surface area (Å²) >= 11 is 0. The Morgan fingerprint density at radius 3 is 2.82 bits per heavy atom. The number of carboxylic acids is 1. The zero-order chi connectivity index (χ0) is 12.8. The molecule has 0 aliphatic heterocycles. The molecule has 0 amide bonds. The lowest BCUT2D eigenvalue weighted by Crippen LogP contribution is -2.06. The molecule has 0 heterocycles. The largest absolute Gasteiger partial charge is 0.478 e. The lowest BCUT2D eigenvalue weighted by Gasteiger charge is -2.06. The van der Waals surface area contributed by atoms with Crippen LogP contribution in [0.4, 0.5) is 11.4 Å². The number of hydrogen-bond donors (Lipinski definition) is 2. The van der Waals surface area contributed by atoms with Gasteiger partial charge in [0.05, 0.1) is 10.5 Å². The summed E-state index contributed by atoms with van der Waals surface area (Å²) in [5.41, 5.74) is -0.0315. The second-order valence-corrected chi connectivity index (χ2v) is 3.18. The van der Waals surface area contributed by atoms with Crippen LogP contribution in [0.1, 0.15) is 16.8 Å². The highest BCUT2D eigenvalue weighted by atomic mass is 16.6. The van der Waals surface area contributed by atoms with E-state index in [1.165, 1.54) is 12.1 Å². The van der Waals surface area contributed by atoms with Crippen LogP contribution in [0.2, 0.25) is 0 Å². The first-order chi connectivity index (χ1) is 8.06. The molecule has 1 aromatic carbocycles. The lowest BCUT2D eigenvalue weighted by molar-refractivity contribution is -0.384. The van der Waals surface area contributed by atoms with E-state index in [-0.39, 0.29) is 16.9 Å². The number of anilines is 1. The van der Waals surface area contributed by atoms with Crippen molar-refractivity contribution in [2.45, 2.75) is 6.42 Å². The molecular weight excluding hydrogens is 224 g/mol. The minimum atomic E-state index is -1.14. The predicted molar refractivity (Wildman–Crippen MR) is 62.0 cm³/mol. The Bertz CT molecular complexity index is 491. The van der Waals surface area contributed by atoms with E-state index in [0.29, 0.717) is 13.0 Å². The van der Waals surface area contributed by atoms with Crippen molar-refractivity contribution in [2.75, 3.05) is 11.9 Å². The number of terminal acetylenes is 1. The van der Waals surface area contributed by atoms with Crippen molar-refractivity contribution in [1.29, 1.82) is 0 Å². The van der Waals surface area contributed by atoms with Crippen LogP contribution in [0.3, 0.4) is 0 Å². The third-order valence-electron chi connectivity index (χ3n) is 2.02. The molecule has 88 valence electrons. The molecule has 0 aromatic heterocycles. The summed E-state index contributed by atoms with van der Waals surface area (Å²) in [7, 11) is 0. The molecule has 6 nitrogen and oxygen atoms in total. The van der Waals surface area contributed by atoms with E-state index >= 15 is 0 Å². The number of carbonyl (C=O) groups is 1. The fraction of sp³-hybridized carbons (Fsp3) is 0.182. The van der Waals surface area contributed by atoms with Crippen LogP contribution in [-0.4, -0.2) is 22.5 Å².